The highest BCUT2D eigenvalue weighted by molar-refractivity contribution is 5.85. The van der Waals surface area contributed by atoms with Crippen molar-refractivity contribution < 1.29 is 4.74 Å². The van der Waals surface area contributed by atoms with E-state index in [1.54, 1.807) is 0 Å². The summed E-state index contributed by atoms with van der Waals surface area (Å²) in [5, 5.41) is 1.24. The van der Waals surface area contributed by atoms with Crippen LogP contribution in [0.5, 0.6) is 5.75 Å². The molecular formula is C19H22N2O. The molecule has 1 heterocycles. The monoisotopic (exact) mass is 294 g/mol. The van der Waals surface area contributed by atoms with Crippen molar-refractivity contribution in [1.29, 1.82) is 0 Å². The molecule has 0 radical (unpaired) electrons. The molecule has 1 N–H and O–H groups in total. The third kappa shape index (κ3) is 2.93. The molecule has 3 rings (SSSR count). The second kappa shape index (κ2) is 6.14. The van der Waals surface area contributed by atoms with E-state index >= 15 is 0 Å². The van der Waals surface area contributed by atoms with Gasteiger partial charge in [0.05, 0.1) is 6.61 Å². The van der Waals surface area contributed by atoms with E-state index in [1.807, 2.05) is 13.0 Å². The molecule has 3 nitrogen and oxygen atoms in total. The molecule has 0 saturated carbocycles. The topological polar surface area (TPSA) is 28.3 Å². The minimum Gasteiger partial charge on any atom is -0.494 e. The Morgan fingerprint density at radius 1 is 1.05 bits per heavy atom. The first-order valence-corrected chi connectivity index (χ1v) is 7.66. The molecule has 3 heteroatoms. The van der Waals surface area contributed by atoms with Gasteiger partial charge in [-0.05, 0) is 54.8 Å². The van der Waals surface area contributed by atoms with E-state index in [1.165, 1.54) is 22.2 Å². The average molecular weight is 294 g/mol. The molecule has 1 aromatic heterocycles. The van der Waals surface area contributed by atoms with Gasteiger partial charge in [0.1, 0.15) is 5.75 Å². The number of ether oxygens (including phenoxy) is 1. The first-order valence-electron chi connectivity index (χ1n) is 7.66. The lowest BCUT2D eigenvalue weighted by Gasteiger charge is -2.12. The fraction of sp³-hybridized carbons (Fsp3) is 0.263. The number of rotatable bonds is 5. The molecule has 0 atom stereocenters. The molecule has 0 amide bonds. The van der Waals surface area contributed by atoms with Crippen LogP contribution in [0.2, 0.25) is 0 Å². The highest BCUT2D eigenvalue weighted by Crippen LogP contribution is 2.26. The first kappa shape index (κ1) is 14.5. The summed E-state index contributed by atoms with van der Waals surface area (Å²) in [7, 11) is 4.12. The Hall–Kier alpha value is -2.42. The van der Waals surface area contributed by atoms with E-state index in [0.717, 1.165) is 17.7 Å². The van der Waals surface area contributed by atoms with Gasteiger partial charge in [-0.3, -0.25) is 0 Å². The summed E-state index contributed by atoms with van der Waals surface area (Å²) in [6.07, 6.45) is 3.02. The zero-order valence-corrected chi connectivity index (χ0v) is 13.4. The van der Waals surface area contributed by atoms with Gasteiger partial charge in [0.2, 0.25) is 0 Å². The molecule has 0 spiro atoms. The Kier molecular flexibility index (Phi) is 4.05. The zero-order chi connectivity index (χ0) is 15.5. The Morgan fingerprint density at radius 2 is 1.82 bits per heavy atom. The normalized spacial score (nSPS) is 10.9. The molecule has 0 fully saturated rings. The number of aromatic amines is 1. The van der Waals surface area contributed by atoms with Crippen LogP contribution in [0.1, 0.15) is 18.1 Å². The molecule has 2 aromatic carbocycles. The summed E-state index contributed by atoms with van der Waals surface area (Å²) in [4.78, 5) is 5.46. The van der Waals surface area contributed by atoms with Crippen molar-refractivity contribution >= 4 is 16.6 Å². The van der Waals surface area contributed by atoms with Gasteiger partial charge in [-0.25, -0.2) is 0 Å². The number of nitrogens with one attached hydrogen (secondary N) is 1. The quantitative estimate of drug-likeness (QED) is 0.763. The zero-order valence-electron chi connectivity index (χ0n) is 13.4. The van der Waals surface area contributed by atoms with Gasteiger partial charge in [-0.15, -0.1) is 0 Å². The van der Waals surface area contributed by atoms with Gasteiger partial charge in [0.25, 0.3) is 0 Å². The van der Waals surface area contributed by atoms with E-state index in [4.69, 9.17) is 4.74 Å². The highest BCUT2D eigenvalue weighted by atomic mass is 16.5. The van der Waals surface area contributed by atoms with Crippen LogP contribution in [-0.2, 0) is 6.42 Å². The molecule has 0 aliphatic carbocycles. The molecule has 0 unspecified atom stereocenters. The van der Waals surface area contributed by atoms with E-state index in [0.29, 0.717) is 6.61 Å². The SMILES string of the molecule is CCOc1ccc2[nH]cc(Cc3ccc(N(C)C)cc3)c2c1. The third-order valence-electron chi connectivity index (χ3n) is 3.90. The predicted molar refractivity (Wildman–Crippen MR) is 93.0 cm³/mol. The summed E-state index contributed by atoms with van der Waals surface area (Å²) in [6, 6.07) is 14.9. The van der Waals surface area contributed by atoms with Crippen LogP contribution in [0, 0.1) is 0 Å². The van der Waals surface area contributed by atoms with E-state index < -0.39 is 0 Å². The molecular weight excluding hydrogens is 272 g/mol. The highest BCUT2D eigenvalue weighted by Gasteiger charge is 2.06. The second-order valence-electron chi connectivity index (χ2n) is 5.69. The van der Waals surface area contributed by atoms with Crippen molar-refractivity contribution in [2.45, 2.75) is 13.3 Å². The van der Waals surface area contributed by atoms with Crippen LogP contribution in [-0.4, -0.2) is 25.7 Å². The van der Waals surface area contributed by atoms with Crippen molar-refractivity contribution in [3.05, 3.63) is 59.8 Å². The lowest BCUT2D eigenvalue weighted by molar-refractivity contribution is 0.340. The van der Waals surface area contributed by atoms with Crippen LogP contribution in [0.3, 0.4) is 0 Å². The Balaban J connectivity index is 1.88. The predicted octanol–water partition coefficient (Wildman–Crippen LogP) is 4.22. The van der Waals surface area contributed by atoms with Crippen molar-refractivity contribution in [2.24, 2.45) is 0 Å². The van der Waals surface area contributed by atoms with Gasteiger partial charge >= 0.3 is 0 Å². The molecule has 3 aromatic rings. The number of aromatic nitrogens is 1. The van der Waals surface area contributed by atoms with Crippen molar-refractivity contribution in [3.63, 3.8) is 0 Å². The van der Waals surface area contributed by atoms with Gasteiger partial charge in [0, 0.05) is 36.9 Å². The molecule has 0 aliphatic rings. The third-order valence-corrected chi connectivity index (χ3v) is 3.90. The van der Waals surface area contributed by atoms with Crippen LogP contribution in [0.4, 0.5) is 5.69 Å². The lowest BCUT2D eigenvalue weighted by Crippen LogP contribution is -2.08. The first-order chi connectivity index (χ1) is 10.7. The minimum absolute atomic E-state index is 0.692. The summed E-state index contributed by atoms with van der Waals surface area (Å²) in [5.41, 5.74) is 4.99. The number of hydrogen-bond acceptors (Lipinski definition) is 2. The molecule has 22 heavy (non-hydrogen) atoms. The van der Waals surface area contributed by atoms with Crippen molar-refractivity contribution in [3.8, 4) is 5.75 Å². The second-order valence-corrected chi connectivity index (χ2v) is 5.69. The van der Waals surface area contributed by atoms with Crippen molar-refractivity contribution in [2.75, 3.05) is 25.6 Å². The number of fused-ring (bicyclic) bond motifs is 1. The summed E-state index contributed by atoms with van der Waals surface area (Å²) >= 11 is 0. The lowest BCUT2D eigenvalue weighted by atomic mass is 10.0. The maximum Gasteiger partial charge on any atom is 0.120 e. The number of anilines is 1. The summed E-state index contributed by atoms with van der Waals surface area (Å²) < 4.78 is 5.61. The molecule has 0 saturated heterocycles. The molecule has 0 bridgehead atoms. The maximum atomic E-state index is 5.61. The van der Waals surface area contributed by atoms with E-state index in [2.05, 4.69) is 66.6 Å². The average Bonchev–Trinajstić information content (AvgIpc) is 2.91. The van der Waals surface area contributed by atoms with Gasteiger partial charge in [0.15, 0.2) is 0 Å². The van der Waals surface area contributed by atoms with Crippen LogP contribution < -0.4 is 9.64 Å². The smallest absolute Gasteiger partial charge is 0.120 e. The van der Waals surface area contributed by atoms with Gasteiger partial charge in [-0.2, -0.15) is 0 Å². The summed E-state index contributed by atoms with van der Waals surface area (Å²) in [5.74, 6) is 0.929. The number of nitrogens with zero attached hydrogens (tertiary/aromatic N) is 1. The van der Waals surface area contributed by atoms with Crippen molar-refractivity contribution in [1.82, 2.24) is 4.98 Å². The van der Waals surface area contributed by atoms with Crippen LogP contribution >= 0.6 is 0 Å². The minimum atomic E-state index is 0.692. The Labute approximate surface area is 131 Å². The standard InChI is InChI=1S/C19H22N2O/c1-4-22-17-9-10-19-18(12-17)15(13-20-19)11-14-5-7-16(8-6-14)21(2)3/h5-10,12-13,20H,4,11H2,1-3H3. The number of H-pyrrole nitrogens is 1. The molecule has 114 valence electrons. The van der Waals surface area contributed by atoms with Gasteiger partial charge in [-0.1, -0.05) is 12.1 Å². The van der Waals surface area contributed by atoms with E-state index in [-0.39, 0.29) is 0 Å². The fourth-order valence-electron chi connectivity index (χ4n) is 2.69. The van der Waals surface area contributed by atoms with Gasteiger partial charge < -0.3 is 14.6 Å². The Morgan fingerprint density at radius 3 is 2.50 bits per heavy atom. The maximum absolute atomic E-state index is 5.61. The van der Waals surface area contributed by atoms with Crippen LogP contribution in [0.25, 0.3) is 10.9 Å². The van der Waals surface area contributed by atoms with E-state index in [9.17, 15) is 0 Å². The number of benzene rings is 2. The largest absolute Gasteiger partial charge is 0.494 e. The summed E-state index contributed by atoms with van der Waals surface area (Å²) in [6.45, 7) is 2.70. The molecule has 0 aliphatic heterocycles. The number of hydrogen-bond donors (Lipinski definition) is 1. The Bertz CT molecular complexity index is 757. The van der Waals surface area contributed by atoms with Crippen LogP contribution in [0.15, 0.2) is 48.7 Å². The fourth-order valence-corrected chi connectivity index (χ4v) is 2.69.